The van der Waals surface area contributed by atoms with Crippen molar-refractivity contribution in [3.8, 4) is 5.75 Å². The summed E-state index contributed by atoms with van der Waals surface area (Å²) in [6.07, 6.45) is 0. The molecule has 0 saturated heterocycles. The molecule has 17 heavy (non-hydrogen) atoms. The van der Waals surface area contributed by atoms with Crippen molar-refractivity contribution in [2.24, 2.45) is 0 Å². The molecule has 1 unspecified atom stereocenters. The summed E-state index contributed by atoms with van der Waals surface area (Å²) in [4.78, 5) is 11.3. The van der Waals surface area contributed by atoms with Gasteiger partial charge in [0.25, 0.3) is 5.91 Å². The number of aliphatic hydroxyl groups excluding tert-OH is 1. The summed E-state index contributed by atoms with van der Waals surface area (Å²) in [5.41, 5.74) is 0. The number of hydrogen-bond donors (Lipinski definition) is 2. The number of halogens is 2. The fourth-order valence-electron chi connectivity index (χ4n) is 1.10. The molecular weight excluding hydrogens is 249 g/mol. The van der Waals surface area contributed by atoms with E-state index < -0.39 is 5.82 Å². The van der Waals surface area contributed by atoms with Crippen molar-refractivity contribution in [2.75, 3.05) is 13.2 Å². The van der Waals surface area contributed by atoms with Crippen LogP contribution in [0.2, 0.25) is 5.02 Å². The lowest BCUT2D eigenvalue weighted by molar-refractivity contribution is -0.123. The average molecular weight is 262 g/mol. The molecule has 0 aliphatic heterocycles. The summed E-state index contributed by atoms with van der Waals surface area (Å²) in [5, 5.41) is 11.3. The molecule has 6 heteroatoms. The Labute approximate surface area is 103 Å². The fraction of sp³-hybridized carbons (Fsp3) is 0.364. The van der Waals surface area contributed by atoms with Crippen molar-refractivity contribution in [3.05, 3.63) is 29.0 Å². The first-order valence-corrected chi connectivity index (χ1v) is 5.38. The van der Waals surface area contributed by atoms with E-state index in [1.807, 2.05) is 0 Å². The summed E-state index contributed by atoms with van der Waals surface area (Å²) in [6.45, 7) is 1.27. The highest BCUT2D eigenvalue weighted by Gasteiger charge is 2.08. The van der Waals surface area contributed by atoms with Crippen LogP contribution in [0, 0.1) is 5.82 Å². The molecule has 94 valence electrons. The Bertz CT molecular complexity index is 400. The van der Waals surface area contributed by atoms with Gasteiger partial charge >= 0.3 is 0 Å². The number of nitrogens with one attached hydrogen (secondary N) is 1. The number of aliphatic hydroxyl groups is 1. The molecular formula is C11H13ClFNO3. The lowest BCUT2D eigenvalue weighted by atomic mass is 10.3. The highest BCUT2D eigenvalue weighted by atomic mass is 35.5. The largest absolute Gasteiger partial charge is 0.482 e. The Kier molecular flexibility index (Phi) is 5.18. The Hall–Kier alpha value is -1.33. The van der Waals surface area contributed by atoms with Gasteiger partial charge in [-0.3, -0.25) is 4.79 Å². The number of hydrogen-bond acceptors (Lipinski definition) is 3. The fourth-order valence-corrected chi connectivity index (χ4v) is 1.32. The van der Waals surface area contributed by atoms with Gasteiger partial charge in [0, 0.05) is 6.04 Å². The number of carbonyl (C=O) groups excluding carboxylic acids is 1. The van der Waals surface area contributed by atoms with E-state index in [1.54, 1.807) is 6.92 Å². The van der Waals surface area contributed by atoms with Gasteiger partial charge in [0.2, 0.25) is 0 Å². The van der Waals surface area contributed by atoms with E-state index >= 15 is 0 Å². The molecule has 4 nitrogen and oxygen atoms in total. The Morgan fingerprint density at radius 1 is 1.65 bits per heavy atom. The lowest BCUT2D eigenvalue weighted by Gasteiger charge is -2.12. The zero-order valence-electron chi connectivity index (χ0n) is 9.24. The van der Waals surface area contributed by atoms with Gasteiger partial charge in [-0.1, -0.05) is 11.6 Å². The quantitative estimate of drug-likeness (QED) is 0.841. The van der Waals surface area contributed by atoms with Crippen molar-refractivity contribution < 1.29 is 19.0 Å². The van der Waals surface area contributed by atoms with Gasteiger partial charge in [-0.05, 0) is 25.1 Å². The summed E-state index contributed by atoms with van der Waals surface area (Å²) in [6, 6.07) is 3.30. The monoisotopic (exact) mass is 261 g/mol. The second kappa shape index (κ2) is 6.42. The van der Waals surface area contributed by atoms with Gasteiger partial charge in [-0.25, -0.2) is 4.39 Å². The third kappa shape index (κ3) is 4.58. The summed E-state index contributed by atoms with van der Waals surface area (Å²) in [7, 11) is 0. The first-order chi connectivity index (χ1) is 8.02. The van der Waals surface area contributed by atoms with Crippen LogP contribution in [-0.4, -0.2) is 30.3 Å². The third-order valence-electron chi connectivity index (χ3n) is 1.93. The molecule has 1 rings (SSSR count). The summed E-state index contributed by atoms with van der Waals surface area (Å²) >= 11 is 5.71. The third-order valence-corrected chi connectivity index (χ3v) is 2.23. The molecule has 0 aromatic heterocycles. The van der Waals surface area contributed by atoms with E-state index in [2.05, 4.69) is 5.32 Å². The zero-order chi connectivity index (χ0) is 12.8. The predicted octanol–water partition coefficient (Wildman–Crippen LogP) is 1.35. The van der Waals surface area contributed by atoms with Crippen LogP contribution in [0.1, 0.15) is 6.92 Å². The standard InChI is InChI=1S/C11H13ClFNO3/c1-7(5-15)14-11(16)6-17-10-3-2-8(13)4-9(10)12/h2-4,7,15H,5-6H2,1H3,(H,14,16). The van der Waals surface area contributed by atoms with Crippen molar-refractivity contribution in [1.29, 1.82) is 0 Å². The normalized spacial score (nSPS) is 12.0. The predicted molar refractivity (Wildman–Crippen MR) is 61.6 cm³/mol. The van der Waals surface area contributed by atoms with E-state index in [9.17, 15) is 9.18 Å². The van der Waals surface area contributed by atoms with Crippen LogP contribution < -0.4 is 10.1 Å². The van der Waals surface area contributed by atoms with Crippen LogP contribution in [0.25, 0.3) is 0 Å². The van der Waals surface area contributed by atoms with Gasteiger partial charge in [0.05, 0.1) is 11.6 Å². The first kappa shape index (κ1) is 13.7. The molecule has 0 aliphatic rings. The SMILES string of the molecule is CC(CO)NC(=O)COc1ccc(F)cc1Cl. The zero-order valence-corrected chi connectivity index (χ0v) is 10.00. The average Bonchev–Trinajstić information content (AvgIpc) is 2.27. The van der Waals surface area contributed by atoms with E-state index in [0.29, 0.717) is 0 Å². The number of amides is 1. The molecule has 0 aliphatic carbocycles. The van der Waals surface area contributed by atoms with Crippen molar-refractivity contribution in [1.82, 2.24) is 5.32 Å². The summed E-state index contributed by atoms with van der Waals surface area (Å²) < 4.78 is 17.8. The van der Waals surface area contributed by atoms with Gasteiger partial charge in [0.1, 0.15) is 11.6 Å². The molecule has 1 aromatic rings. The number of carbonyl (C=O) groups is 1. The van der Waals surface area contributed by atoms with Crippen molar-refractivity contribution in [3.63, 3.8) is 0 Å². The number of benzene rings is 1. The Morgan fingerprint density at radius 3 is 2.94 bits per heavy atom. The van der Waals surface area contributed by atoms with E-state index in [0.717, 1.165) is 6.07 Å². The number of rotatable bonds is 5. The summed E-state index contributed by atoms with van der Waals surface area (Å²) in [5.74, 6) is -0.618. The van der Waals surface area contributed by atoms with Gasteiger partial charge in [-0.15, -0.1) is 0 Å². The molecule has 1 aromatic carbocycles. The first-order valence-electron chi connectivity index (χ1n) is 5.01. The molecule has 0 saturated carbocycles. The lowest BCUT2D eigenvalue weighted by Crippen LogP contribution is -2.38. The Morgan fingerprint density at radius 2 is 2.35 bits per heavy atom. The second-order valence-corrected chi connectivity index (χ2v) is 3.92. The molecule has 2 N–H and O–H groups in total. The van der Waals surface area contributed by atoms with Crippen LogP contribution in [0.15, 0.2) is 18.2 Å². The highest BCUT2D eigenvalue weighted by Crippen LogP contribution is 2.24. The number of ether oxygens (including phenoxy) is 1. The highest BCUT2D eigenvalue weighted by molar-refractivity contribution is 6.32. The van der Waals surface area contributed by atoms with Crippen LogP contribution >= 0.6 is 11.6 Å². The van der Waals surface area contributed by atoms with E-state index in [4.69, 9.17) is 21.4 Å². The minimum absolute atomic E-state index is 0.105. The van der Waals surface area contributed by atoms with Gasteiger partial charge < -0.3 is 15.2 Å². The van der Waals surface area contributed by atoms with Crippen LogP contribution in [0.4, 0.5) is 4.39 Å². The molecule has 0 spiro atoms. The van der Waals surface area contributed by atoms with Crippen molar-refractivity contribution in [2.45, 2.75) is 13.0 Å². The van der Waals surface area contributed by atoms with E-state index in [1.165, 1.54) is 12.1 Å². The minimum Gasteiger partial charge on any atom is -0.482 e. The maximum absolute atomic E-state index is 12.7. The molecule has 0 radical (unpaired) electrons. The molecule has 1 amide bonds. The molecule has 1 atom stereocenters. The molecule has 0 heterocycles. The van der Waals surface area contributed by atoms with Crippen LogP contribution in [0.3, 0.4) is 0 Å². The molecule has 0 fully saturated rings. The van der Waals surface area contributed by atoms with Gasteiger partial charge in [-0.2, -0.15) is 0 Å². The smallest absolute Gasteiger partial charge is 0.258 e. The van der Waals surface area contributed by atoms with Gasteiger partial charge in [0.15, 0.2) is 6.61 Å². The maximum Gasteiger partial charge on any atom is 0.258 e. The van der Waals surface area contributed by atoms with Crippen LogP contribution in [0.5, 0.6) is 5.75 Å². The minimum atomic E-state index is -0.472. The topological polar surface area (TPSA) is 58.6 Å². The van der Waals surface area contributed by atoms with Crippen LogP contribution in [-0.2, 0) is 4.79 Å². The maximum atomic E-state index is 12.7. The van der Waals surface area contributed by atoms with Crippen molar-refractivity contribution >= 4 is 17.5 Å². The second-order valence-electron chi connectivity index (χ2n) is 3.51. The van der Waals surface area contributed by atoms with E-state index in [-0.39, 0.29) is 35.9 Å². The molecule has 0 bridgehead atoms. The Balaban J connectivity index is 2.47.